The number of ether oxygens (including phenoxy) is 5. The molecule has 0 spiro atoms. The number of hydrogen-bond acceptors (Lipinski definition) is 11. The molecule has 51 heavy (non-hydrogen) atoms. The van der Waals surface area contributed by atoms with Crippen molar-refractivity contribution in [3.05, 3.63) is 174 Å². The minimum atomic E-state index is -2.48. The van der Waals surface area contributed by atoms with Gasteiger partial charge in [-0.05, 0) is 60.7 Å². The highest BCUT2D eigenvalue weighted by Gasteiger charge is 2.61. The number of aliphatic hydroxyl groups is 1. The zero-order chi connectivity index (χ0) is 35.6. The smallest absolute Gasteiger partial charge is 0.338 e. The van der Waals surface area contributed by atoms with Crippen molar-refractivity contribution in [1.82, 2.24) is 0 Å². The third-order valence-corrected chi connectivity index (χ3v) is 8.94. The van der Waals surface area contributed by atoms with Crippen molar-refractivity contribution in [1.29, 1.82) is 0 Å². The number of thioether (sulfide) groups is 1. The molecule has 1 N–H and O–H groups in total. The van der Waals surface area contributed by atoms with Gasteiger partial charge in [0.1, 0.15) is 12.7 Å². The van der Waals surface area contributed by atoms with Gasteiger partial charge < -0.3 is 28.8 Å². The van der Waals surface area contributed by atoms with Crippen LogP contribution < -0.4 is 0 Å². The second-order valence-electron chi connectivity index (χ2n) is 11.3. The molecule has 1 saturated heterocycles. The van der Waals surface area contributed by atoms with E-state index >= 15 is 0 Å². The van der Waals surface area contributed by atoms with E-state index in [0.717, 1.165) is 11.8 Å². The summed E-state index contributed by atoms with van der Waals surface area (Å²) >= 11 is 0.774. The average Bonchev–Trinajstić information content (AvgIpc) is 3.18. The standard InChI is InChI=1S/C40H32O10S/c41-36(27-16-6-1-7-17-27)46-26-32-33(47-37(42)28-18-8-2-9-19-28)34(48-38(43)29-20-10-3-11-21-29)35(49-39(44)30-22-12-4-13-23-30)40(45,50-32)51-31-24-14-5-15-25-31/h1-25,32-35,45H,26H2/t32-,33-,34+,35-,40+/m1/s1. The molecular weight excluding hydrogens is 672 g/mol. The summed E-state index contributed by atoms with van der Waals surface area (Å²) in [5.74, 6) is -3.30. The van der Waals surface area contributed by atoms with E-state index in [1.54, 1.807) is 115 Å². The maximum Gasteiger partial charge on any atom is 0.338 e. The molecule has 1 fully saturated rings. The Labute approximate surface area is 297 Å². The monoisotopic (exact) mass is 704 g/mol. The minimum Gasteiger partial charge on any atom is -0.459 e. The molecule has 0 unspecified atom stereocenters. The van der Waals surface area contributed by atoms with Gasteiger partial charge in [0.05, 0.1) is 22.3 Å². The molecule has 6 rings (SSSR count). The molecule has 5 aromatic rings. The number of carbonyl (C=O) groups excluding carboxylic acids is 4. The number of benzene rings is 5. The van der Waals surface area contributed by atoms with E-state index in [-0.39, 0.29) is 22.3 Å². The molecule has 0 aliphatic carbocycles. The second kappa shape index (κ2) is 16.3. The summed E-state index contributed by atoms with van der Waals surface area (Å²) in [4.78, 5) is 54.6. The normalized spacial score (nSPS) is 21.1. The zero-order valence-corrected chi connectivity index (χ0v) is 27.8. The summed E-state index contributed by atoms with van der Waals surface area (Å²) in [6.07, 6.45) is -6.49. The first kappa shape index (κ1) is 35.1. The first-order valence-electron chi connectivity index (χ1n) is 16.0. The lowest BCUT2D eigenvalue weighted by Crippen LogP contribution is -2.67. The topological polar surface area (TPSA) is 135 Å². The van der Waals surface area contributed by atoms with E-state index in [0.29, 0.717) is 4.90 Å². The molecule has 0 radical (unpaired) electrons. The number of esters is 4. The third kappa shape index (κ3) is 8.71. The Bertz CT molecular complexity index is 1930. The molecule has 0 aromatic heterocycles. The second-order valence-corrected chi connectivity index (χ2v) is 12.6. The number of rotatable bonds is 11. The van der Waals surface area contributed by atoms with Crippen LogP contribution in [0.25, 0.3) is 0 Å². The number of hydrogen-bond donors (Lipinski definition) is 1. The molecule has 1 aliphatic rings. The van der Waals surface area contributed by atoms with Gasteiger partial charge in [0.2, 0.25) is 6.10 Å². The van der Waals surface area contributed by atoms with Gasteiger partial charge >= 0.3 is 23.9 Å². The van der Waals surface area contributed by atoms with Crippen molar-refractivity contribution in [3.8, 4) is 0 Å². The first-order valence-corrected chi connectivity index (χ1v) is 16.8. The first-order chi connectivity index (χ1) is 24.8. The van der Waals surface area contributed by atoms with Crippen LogP contribution in [-0.4, -0.2) is 65.1 Å². The predicted molar refractivity (Wildman–Crippen MR) is 186 cm³/mol. The summed E-state index contributed by atoms with van der Waals surface area (Å²) in [5, 5.41) is 9.97. The molecule has 11 heteroatoms. The Morgan fingerprint density at radius 2 is 0.902 bits per heavy atom. The van der Waals surface area contributed by atoms with Gasteiger partial charge in [0.25, 0.3) is 5.12 Å². The van der Waals surface area contributed by atoms with Crippen LogP contribution in [0.15, 0.2) is 157 Å². The van der Waals surface area contributed by atoms with Crippen LogP contribution in [0.2, 0.25) is 0 Å². The van der Waals surface area contributed by atoms with Crippen molar-refractivity contribution in [2.45, 2.75) is 34.4 Å². The largest absolute Gasteiger partial charge is 0.459 e. The van der Waals surface area contributed by atoms with Gasteiger partial charge in [0, 0.05) is 4.90 Å². The van der Waals surface area contributed by atoms with Gasteiger partial charge in [-0.3, -0.25) is 0 Å². The molecule has 0 saturated carbocycles. The van der Waals surface area contributed by atoms with Crippen LogP contribution in [0.5, 0.6) is 0 Å². The van der Waals surface area contributed by atoms with Crippen LogP contribution in [0, 0.1) is 0 Å². The fourth-order valence-corrected chi connectivity index (χ4v) is 6.43. The molecule has 1 aliphatic heterocycles. The molecule has 1 heterocycles. The highest BCUT2D eigenvalue weighted by atomic mass is 32.2. The van der Waals surface area contributed by atoms with Crippen LogP contribution in [0.1, 0.15) is 41.4 Å². The van der Waals surface area contributed by atoms with Crippen LogP contribution in [0.3, 0.4) is 0 Å². The summed E-state index contributed by atoms with van der Waals surface area (Å²) in [6, 6.07) is 40.9. The molecular formula is C40H32O10S. The molecule has 5 atom stereocenters. The Kier molecular flexibility index (Phi) is 11.2. The van der Waals surface area contributed by atoms with Crippen LogP contribution >= 0.6 is 11.8 Å². The van der Waals surface area contributed by atoms with Gasteiger partial charge in [-0.15, -0.1) is 0 Å². The van der Waals surface area contributed by atoms with Crippen molar-refractivity contribution in [3.63, 3.8) is 0 Å². The van der Waals surface area contributed by atoms with E-state index in [2.05, 4.69) is 0 Å². The fourth-order valence-electron chi connectivity index (χ4n) is 5.33. The third-order valence-electron chi connectivity index (χ3n) is 7.81. The number of carbonyl (C=O) groups is 4. The van der Waals surface area contributed by atoms with E-state index in [4.69, 9.17) is 23.7 Å². The van der Waals surface area contributed by atoms with E-state index in [1.807, 2.05) is 0 Å². The summed E-state index contributed by atoms with van der Waals surface area (Å²) in [5.41, 5.74) is 0.663. The average molecular weight is 705 g/mol. The molecule has 0 amide bonds. The van der Waals surface area contributed by atoms with Gasteiger partial charge in [-0.25, -0.2) is 19.2 Å². The Morgan fingerprint density at radius 3 is 1.35 bits per heavy atom. The Morgan fingerprint density at radius 1 is 0.529 bits per heavy atom. The zero-order valence-electron chi connectivity index (χ0n) is 27.0. The van der Waals surface area contributed by atoms with Crippen LogP contribution in [0.4, 0.5) is 0 Å². The van der Waals surface area contributed by atoms with Gasteiger partial charge in [0.15, 0.2) is 12.2 Å². The van der Waals surface area contributed by atoms with Gasteiger partial charge in [-0.2, -0.15) is 0 Å². The van der Waals surface area contributed by atoms with Gasteiger partial charge in [-0.1, -0.05) is 103 Å². The maximum atomic E-state index is 13.7. The molecule has 10 nitrogen and oxygen atoms in total. The Balaban J connectivity index is 1.44. The minimum absolute atomic E-state index is 0.134. The van der Waals surface area contributed by atoms with Crippen molar-refractivity contribution in [2.75, 3.05) is 6.61 Å². The quantitative estimate of drug-likeness (QED) is 0.0936. The Hall–Kier alpha value is -5.75. The summed E-state index contributed by atoms with van der Waals surface area (Å²) < 4.78 is 29.9. The van der Waals surface area contributed by atoms with Crippen molar-refractivity contribution in [2.24, 2.45) is 0 Å². The van der Waals surface area contributed by atoms with Crippen molar-refractivity contribution >= 4 is 35.6 Å². The summed E-state index contributed by atoms with van der Waals surface area (Å²) in [7, 11) is 0. The predicted octanol–water partition coefficient (Wildman–Crippen LogP) is 6.36. The van der Waals surface area contributed by atoms with E-state index in [9.17, 15) is 24.3 Å². The summed E-state index contributed by atoms with van der Waals surface area (Å²) in [6.45, 7) is -0.559. The molecule has 258 valence electrons. The van der Waals surface area contributed by atoms with E-state index in [1.165, 1.54) is 36.4 Å². The van der Waals surface area contributed by atoms with Crippen LogP contribution in [-0.2, 0) is 23.7 Å². The van der Waals surface area contributed by atoms with E-state index < -0.39 is 60.0 Å². The fraction of sp³-hybridized carbons (Fsp3) is 0.150. The molecule has 5 aromatic carbocycles. The lowest BCUT2D eigenvalue weighted by molar-refractivity contribution is -0.302. The lowest BCUT2D eigenvalue weighted by Gasteiger charge is -2.48. The highest BCUT2D eigenvalue weighted by molar-refractivity contribution is 8.00. The lowest BCUT2D eigenvalue weighted by atomic mass is 9.97. The van der Waals surface area contributed by atoms with Crippen molar-refractivity contribution < 1.29 is 48.0 Å². The highest BCUT2D eigenvalue weighted by Crippen LogP contribution is 2.44. The maximum absolute atomic E-state index is 13.7. The molecule has 0 bridgehead atoms. The SMILES string of the molecule is O=C(OC[C@H]1O[C@](O)(Sc2ccccc2)[C@H](OC(=O)c2ccccc2)[C@@H](OC(=O)c2ccccc2)[C@@H]1OC(=O)c1ccccc1)c1ccccc1.